The Hall–Kier alpha value is -1.64. The minimum Gasteiger partial charge on any atom is -0.396 e. The van der Waals surface area contributed by atoms with Crippen molar-refractivity contribution in [1.29, 1.82) is 0 Å². The Morgan fingerprint density at radius 2 is 1.25 bits per heavy atom. The van der Waals surface area contributed by atoms with Gasteiger partial charge in [-0.1, -0.05) is 60.7 Å². The lowest BCUT2D eigenvalue weighted by Gasteiger charge is -2.16. The molecule has 2 rings (SSSR count). The third kappa shape index (κ3) is 7.72. The third-order valence-corrected chi connectivity index (χ3v) is 2.72. The van der Waals surface area contributed by atoms with Crippen molar-refractivity contribution < 1.29 is 10.2 Å². The summed E-state index contributed by atoms with van der Waals surface area (Å²) in [4.78, 5) is 0. The molecule has 0 aromatic heterocycles. The van der Waals surface area contributed by atoms with E-state index in [4.69, 9.17) is 5.11 Å². The second kappa shape index (κ2) is 8.51. The van der Waals surface area contributed by atoms with Crippen LogP contribution in [0.1, 0.15) is 25.0 Å². The van der Waals surface area contributed by atoms with Crippen LogP contribution in [0.3, 0.4) is 0 Å². The summed E-state index contributed by atoms with van der Waals surface area (Å²) in [5.74, 6) is 0. The van der Waals surface area contributed by atoms with Crippen molar-refractivity contribution in [2.45, 2.75) is 32.3 Å². The highest BCUT2D eigenvalue weighted by Gasteiger charge is 2.12. The van der Waals surface area contributed by atoms with Crippen molar-refractivity contribution in [2.75, 3.05) is 6.61 Å². The van der Waals surface area contributed by atoms with Crippen LogP contribution >= 0.6 is 0 Å². The summed E-state index contributed by atoms with van der Waals surface area (Å²) in [6, 6.07) is 20.0. The summed E-state index contributed by atoms with van der Waals surface area (Å²) in [6.07, 6.45) is 1.48. The molecule has 108 valence electrons. The number of benzene rings is 2. The van der Waals surface area contributed by atoms with Crippen LogP contribution in [0.5, 0.6) is 0 Å². The zero-order chi connectivity index (χ0) is 14.8. The van der Waals surface area contributed by atoms with Gasteiger partial charge in [0.05, 0.1) is 5.60 Å². The van der Waals surface area contributed by atoms with Crippen molar-refractivity contribution in [1.82, 2.24) is 0 Å². The number of hydrogen-bond donors (Lipinski definition) is 2. The van der Waals surface area contributed by atoms with Gasteiger partial charge in [0, 0.05) is 13.0 Å². The Morgan fingerprint density at radius 3 is 1.65 bits per heavy atom. The lowest BCUT2D eigenvalue weighted by molar-refractivity contribution is 0.0810. The predicted octanol–water partition coefficient (Wildman–Crippen LogP) is 3.22. The summed E-state index contributed by atoms with van der Waals surface area (Å²) in [6.45, 7) is 3.88. The molecule has 0 aliphatic carbocycles. The zero-order valence-corrected chi connectivity index (χ0v) is 12.3. The van der Waals surface area contributed by atoms with Gasteiger partial charge in [-0.25, -0.2) is 0 Å². The topological polar surface area (TPSA) is 40.5 Å². The Bertz CT molecular complexity index is 458. The second-order valence-corrected chi connectivity index (χ2v) is 5.43. The highest BCUT2D eigenvalue weighted by molar-refractivity contribution is 5.16. The quantitative estimate of drug-likeness (QED) is 0.897. The minimum atomic E-state index is -0.596. The van der Waals surface area contributed by atoms with Crippen LogP contribution < -0.4 is 0 Å². The molecule has 0 amide bonds. The molecule has 0 aliphatic rings. The van der Waals surface area contributed by atoms with Crippen molar-refractivity contribution in [3.8, 4) is 0 Å². The van der Waals surface area contributed by atoms with E-state index in [1.165, 1.54) is 11.1 Å². The molecule has 0 saturated carbocycles. The molecule has 0 radical (unpaired) electrons. The Kier molecular flexibility index (Phi) is 6.99. The van der Waals surface area contributed by atoms with Crippen LogP contribution in [-0.4, -0.2) is 22.4 Å². The maximum atomic E-state index is 9.47. The molecule has 2 nitrogen and oxygen atoms in total. The standard InChI is InChI=1S/C10H14O.C8H10O/c1-10(2,11)8-9-6-4-3-5-7-9;9-7-6-8-4-2-1-3-5-8/h3-7,11H,8H2,1-2H3;1-5,9H,6-7H2. The molecular weight excluding hydrogens is 248 g/mol. The maximum Gasteiger partial charge on any atom is 0.0631 e. The first-order chi connectivity index (χ1) is 9.51. The van der Waals surface area contributed by atoms with Crippen molar-refractivity contribution in [3.63, 3.8) is 0 Å². The van der Waals surface area contributed by atoms with Gasteiger partial charge in [0.2, 0.25) is 0 Å². The van der Waals surface area contributed by atoms with Gasteiger partial charge in [-0.05, 0) is 31.4 Å². The second-order valence-electron chi connectivity index (χ2n) is 5.43. The first-order valence-corrected chi connectivity index (χ1v) is 6.92. The fourth-order valence-corrected chi connectivity index (χ4v) is 1.87. The summed E-state index contributed by atoms with van der Waals surface area (Å²) in [7, 11) is 0. The fourth-order valence-electron chi connectivity index (χ4n) is 1.87. The molecule has 0 heterocycles. The van der Waals surface area contributed by atoms with Gasteiger partial charge in [-0.2, -0.15) is 0 Å². The summed E-state index contributed by atoms with van der Waals surface area (Å²) in [5, 5.41) is 18.0. The average Bonchev–Trinajstić information content (AvgIpc) is 2.40. The van der Waals surface area contributed by atoms with Crippen LogP contribution in [0.4, 0.5) is 0 Å². The normalized spacial score (nSPS) is 10.6. The van der Waals surface area contributed by atoms with Gasteiger partial charge >= 0.3 is 0 Å². The SMILES string of the molecule is CC(C)(O)Cc1ccccc1.OCCc1ccccc1. The van der Waals surface area contributed by atoms with Gasteiger partial charge in [-0.15, -0.1) is 0 Å². The minimum absolute atomic E-state index is 0.240. The zero-order valence-electron chi connectivity index (χ0n) is 12.3. The van der Waals surface area contributed by atoms with Crippen LogP contribution in [0.2, 0.25) is 0 Å². The first kappa shape index (κ1) is 16.4. The van der Waals surface area contributed by atoms with Crippen molar-refractivity contribution in [3.05, 3.63) is 71.8 Å². The van der Waals surface area contributed by atoms with Crippen molar-refractivity contribution in [2.24, 2.45) is 0 Å². The van der Waals surface area contributed by atoms with Gasteiger partial charge < -0.3 is 10.2 Å². The highest BCUT2D eigenvalue weighted by atomic mass is 16.3. The molecule has 2 N–H and O–H groups in total. The number of rotatable bonds is 4. The molecule has 0 bridgehead atoms. The Balaban J connectivity index is 0.000000204. The van der Waals surface area contributed by atoms with Gasteiger partial charge in [-0.3, -0.25) is 0 Å². The van der Waals surface area contributed by atoms with Gasteiger partial charge in [0.1, 0.15) is 0 Å². The molecule has 0 unspecified atom stereocenters. The van der Waals surface area contributed by atoms with E-state index >= 15 is 0 Å². The monoisotopic (exact) mass is 272 g/mol. The van der Waals surface area contributed by atoms with E-state index in [0.29, 0.717) is 6.42 Å². The van der Waals surface area contributed by atoms with E-state index in [0.717, 1.165) is 6.42 Å². The summed E-state index contributed by atoms with van der Waals surface area (Å²) >= 11 is 0. The average molecular weight is 272 g/mol. The van der Waals surface area contributed by atoms with E-state index in [-0.39, 0.29) is 6.61 Å². The molecule has 0 fully saturated rings. The molecular formula is C18H24O2. The predicted molar refractivity (Wildman–Crippen MR) is 83.7 cm³/mol. The molecule has 2 heteroatoms. The Labute approximate surface area is 121 Å². The van der Waals surface area contributed by atoms with E-state index in [1.807, 2.05) is 74.5 Å². The number of hydrogen-bond acceptors (Lipinski definition) is 2. The van der Waals surface area contributed by atoms with Crippen molar-refractivity contribution >= 4 is 0 Å². The highest BCUT2D eigenvalue weighted by Crippen LogP contribution is 2.10. The third-order valence-electron chi connectivity index (χ3n) is 2.72. The summed E-state index contributed by atoms with van der Waals surface area (Å²) in [5.41, 5.74) is 1.78. The van der Waals surface area contributed by atoms with Gasteiger partial charge in [0.15, 0.2) is 0 Å². The lowest BCUT2D eigenvalue weighted by atomic mass is 9.99. The van der Waals surface area contributed by atoms with Crippen LogP contribution in [0.25, 0.3) is 0 Å². The molecule has 2 aromatic rings. The molecule has 20 heavy (non-hydrogen) atoms. The van der Waals surface area contributed by atoms with E-state index in [2.05, 4.69) is 0 Å². The fraction of sp³-hybridized carbons (Fsp3) is 0.333. The molecule has 0 atom stereocenters. The smallest absolute Gasteiger partial charge is 0.0631 e. The first-order valence-electron chi connectivity index (χ1n) is 6.92. The molecule has 0 saturated heterocycles. The van der Waals surface area contributed by atoms with Gasteiger partial charge in [0.25, 0.3) is 0 Å². The summed E-state index contributed by atoms with van der Waals surface area (Å²) < 4.78 is 0. The Morgan fingerprint density at radius 1 is 0.800 bits per heavy atom. The molecule has 0 aliphatic heterocycles. The van der Waals surface area contributed by atoms with E-state index in [9.17, 15) is 5.11 Å². The van der Waals surface area contributed by atoms with E-state index in [1.54, 1.807) is 0 Å². The van der Waals surface area contributed by atoms with Crippen LogP contribution in [0.15, 0.2) is 60.7 Å². The van der Waals surface area contributed by atoms with Crippen LogP contribution in [0, 0.1) is 0 Å². The maximum absolute atomic E-state index is 9.47. The number of aliphatic hydroxyl groups is 2. The number of aliphatic hydroxyl groups excluding tert-OH is 1. The van der Waals surface area contributed by atoms with E-state index < -0.39 is 5.60 Å². The largest absolute Gasteiger partial charge is 0.396 e. The molecule has 2 aromatic carbocycles. The van der Waals surface area contributed by atoms with Crippen LogP contribution in [-0.2, 0) is 12.8 Å². The molecule has 0 spiro atoms. The lowest BCUT2D eigenvalue weighted by Crippen LogP contribution is -2.21.